The minimum atomic E-state index is 0.0906. The summed E-state index contributed by atoms with van der Waals surface area (Å²) in [7, 11) is 0. The highest BCUT2D eigenvalue weighted by molar-refractivity contribution is 6.31. The first-order valence-corrected chi connectivity index (χ1v) is 4.79. The third kappa shape index (κ3) is 2.23. The molecule has 0 unspecified atom stereocenters. The first-order chi connectivity index (χ1) is 6.20. The predicted octanol–water partition coefficient (Wildman–Crippen LogP) is 2.84. The lowest BCUT2D eigenvalue weighted by molar-refractivity contribution is 0.314. The molecule has 0 saturated carbocycles. The van der Waals surface area contributed by atoms with Gasteiger partial charge in [-0.1, -0.05) is 37.6 Å². The summed E-state index contributed by atoms with van der Waals surface area (Å²) in [5.74, 6) is 0.972. The Balaban J connectivity index is 3.12. The molecule has 1 aromatic carbocycles. The van der Waals surface area contributed by atoms with Crippen LogP contribution < -0.4 is 0 Å². The standard InChI is InChI=1S/C11H14ClO/c1-3-9-10(8(2)7-13)5-4-6-11(9)12/h4-6,13H,3,7H2,1-2H3. The van der Waals surface area contributed by atoms with E-state index in [0.717, 1.165) is 28.5 Å². The average molecular weight is 198 g/mol. The lowest BCUT2D eigenvalue weighted by Gasteiger charge is -2.13. The SMILES string of the molecule is CCc1c(Cl)cccc1[C](C)CO. The van der Waals surface area contributed by atoms with Crippen LogP contribution in [0.25, 0.3) is 0 Å². The van der Waals surface area contributed by atoms with Gasteiger partial charge in [-0.05, 0) is 23.6 Å². The van der Waals surface area contributed by atoms with Crippen molar-refractivity contribution in [3.63, 3.8) is 0 Å². The molecule has 0 fully saturated rings. The fourth-order valence-corrected chi connectivity index (χ4v) is 1.71. The van der Waals surface area contributed by atoms with Crippen molar-refractivity contribution in [1.82, 2.24) is 0 Å². The summed E-state index contributed by atoms with van der Waals surface area (Å²) in [5, 5.41) is 9.80. The van der Waals surface area contributed by atoms with E-state index in [1.54, 1.807) is 0 Å². The van der Waals surface area contributed by atoms with Crippen LogP contribution in [0.2, 0.25) is 5.02 Å². The number of aliphatic hydroxyl groups is 1. The van der Waals surface area contributed by atoms with E-state index in [1.165, 1.54) is 0 Å². The molecule has 0 spiro atoms. The first kappa shape index (κ1) is 10.6. The van der Waals surface area contributed by atoms with Crippen LogP contribution in [0, 0.1) is 5.92 Å². The number of aliphatic hydroxyl groups excluding tert-OH is 1. The van der Waals surface area contributed by atoms with Gasteiger partial charge in [0.2, 0.25) is 0 Å². The molecule has 2 heteroatoms. The van der Waals surface area contributed by atoms with Crippen molar-refractivity contribution >= 4 is 11.6 Å². The zero-order valence-corrected chi connectivity index (χ0v) is 8.73. The van der Waals surface area contributed by atoms with Crippen molar-refractivity contribution in [3.8, 4) is 0 Å². The van der Waals surface area contributed by atoms with Crippen LogP contribution in [0.15, 0.2) is 18.2 Å². The number of hydrogen-bond acceptors (Lipinski definition) is 1. The number of halogens is 1. The lowest BCUT2D eigenvalue weighted by Crippen LogP contribution is -2.04. The van der Waals surface area contributed by atoms with Crippen molar-refractivity contribution in [3.05, 3.63) is 40.3 Å². The van der Waals surface area contributed by atoms with Crippen molar-refractivity contribution in [2.75, 3.05) is 6.61 Å². The van der Waals surface area contributed by atoms with Gasteiger partial charge in [0.05, 0.1) is 6.61 Å². The van der Waals surface area contributed by atoms with Crippen LogP contribution >= 0.6 is 11.6 Å². The Bertz CT molecular complexity index is 283. The zero-order chi connectivity index (χ0) is 9.84. The predicted molar refractivity (Wildman–Crippen MR) is 55.9 cm³/mol. The van der Waals surface area contributed by atoms with E-state index < -0.39 is 0 Å². The van der Waals surface area contributed by atoms with Gasteiger partial charge in [-0.2, -0.15) is 0 Å². The molecule has 1 aromatic rings. The number of hydrogen-bond donors (Lipinski definition) is 1. The molecule has 0 aliphatic carbocycles. The maximum Gasteiger partial charge on any atom is 0.0534 e. The maximum atomic E-state index is 9.02. The highest BCUT2D eigenvalue weighted by Gasteiger charge is 2.11. The van der Waals surface area contributed by atoms with Gasteiger partial charge < -0.3 is 5.11 Å². The van der Waals surface area contributed by atoms with E-state index in [9.17, 15) is 0 Å². The Kier molecular flexibility index (Phi) is 3.76. The molecular formula is C11H14ClO. The Morgan fingerprint density at radius 3 is 2.69 bits per heavy atom. The third-order valence-electron chi connectivity index (χ3n) is 2.17. The summed E-state index contributed by atoms with van der Waals surface area (Å²) in [6, 6.07) is 5.79. The van der Waals surface area contributed by atoms with E-state index in [4.69, 9.17) is 16.7 Å². The van der Waals surface area contributed by atoms with Crippen LogP contribution in [0.3, 0.4) is 0 Å². The zero-order valence-electron chi connectivity index (χ0n) is 7.97. The van der Waals surface area contributed by atoms with E-state index >= 15 is 0 Å². The molecule has 0 aliphatic rings. The molecule has 0 bridgehead atoms. The molecule has 71 valence electrons. The summed E-state index contributed by atoms with van der Waals surface area (Å²) in [4.78, 5) is 0. The molecule has 13 heavy (non-hydrogen) atoms. The lowest BCUT2D eigenvalue weighted by atomic mass is 9.95. The van der Waals surface area contributed by atoms with Crippen LogP contribution in [0.1, 0.15) is 25.0 Å². The molecular weight excluding hydrogens is 184 g/mol. The first-order valence-electron chi connectivity index (χ1n) is 4.41. The molecule has 0 amide bonds. The normalized spacial score (nSPS) is 10.8. The fourth-order valence-electron chi connectivity index (χ4n) is 1.40. The molecule has 1 radical (unpaired) electrons. The molecule has 0 heterocycles. The molecule has 1 nitrogen and oxygen atoms in total. The molecule has 1 N–H and O–H groups in total. The summed E-state index contributed by atoms with van der Waals surface area (Å²) >= 11 is 6.04. The molecule has 0 aromatic heterocycles. The van der Waals surface area contributed by atoms with Crippen molar-refractivity contribution in [1.29, 1.82) is 0 Å². The van der Waals surface area contributed by atoms with Crippen molar-refractivity contribution in [2.45, 2.75) is 20.3 Å². The monoisotopic (exact) mass is 197 g/mol. The van der Waals surface area contributed by atoms with Gasteiger partial charge >= 0.3 is 0 Å². The van der Waals surface area contributed by atoms with Crippen LogP contribution in [-0.4, -0.2) is 11.7 Å². The third-order valence-corrected chi connectivity index (χ3v) is 2.52. The largest absolute Gasteiger partial charge is 0.395 e. The van der Waals surface area contributed by atoms with Crippen LogP contribution in [0.5, 0.6) is 0 Å². The maximum absolute atomic E-state index is 9.02. The van der Waals surface area contributed by atoms with E-state index in [1.807, 2.05) is 25.1 Å². The minimum absolute atomic E-state index is 0.0906. The second-order valence-electron chi connectivity index (χ2n) is 3.06. The van der Waals surface area contributed by atoms with Gasteiger partial charge in [0, 0.05) is 10.9 Å². The van der Waals surface area contributed by atoms with Crippen LogP contribution in [-0.2, 0) is 6.42 Å². The summed E-state index contributed by atoms with van der Waals surface area (Å²) in [6.45, 7) is 4.08. The van der Waals surface area contributed by atoms with E-state index in [2.05, 4.69) is 6.92 Å². The topological polar surface area (TPSA) is 20.2 Å². The average Bonchev–Trinajstić information content (AvgIpc) is 2.16. The van der Waals surface area contributed by atoms with Gasteiger partial charge in [-0.25, -0.2) is 0 Å². The van der Waals surface area contributed by atoms with Gasteiger partial charge in [0.25, 0.3) is 0 Å². The Morgan fingerprint density at radius 2 is 2.15 bits per heavy atom. The van der Waals surface area contributed by atoms with Gasteiger partial charge in [0.15, 0.2) is 0 Å². The molecule has 0 aliphatic heterocycles. The van der Waals surface area contributed by atoms with Gasteiger partial charge in [-0.3, -0.25) is 0 Å². The number of benzene rings is 1. The van der Waals surface area contributed by atoms with Crippen molar-refractivity contribution in [2.24, 2.45) is 0 Å². The highest BCUT2D eigenvalue weighted by atomic mass is 35.5. The Labute approximate surface area is 84.4 Å². The number of rotatable bonds is 3. The van der Waals surface area contributed by atoms with Crippen molar-refractivity contribution < 1.29 is 5.11 Å². The summed E-state index contributed by atoms with van der Waals surface area (Å²) < 4.78 is 0. The molecule has 0 atom stereocenters. The van der Waals surface area contributed by atoms with E-state index in [-0.39, 0.29) is 6.61 Å². The second-order valence-corrected chi connectivity index (χ2v) is 3.47. The minimum Gasteiger partial charge on any atom is -0.395 e. The smallest absolute Gasteiger partial charge is 0.0534 e. The molecule has 1 rings (SSSR count). The van der Waals surface area contributed by atoms with Gasteiger partial charge in [0.1, 0.15) is 0 Å². The fraction of sp³-hybridized carbons (Fsp3) is 0.364. The second kappa shape index (κ2) is 4.64. The summed E-state index contributed by atoms with van der Waals surface area (Å²) in [5.41, 5.74) is 2.20. The molecule has 0 saturated heterocycles. The Morgan fingerprint density at radius 1 is 1.46 bits per heavy atom. The summed E-state index contributed by atoms with van der Waals surface area (Å²) in [6.07, 6.45) is 0.895. The highest BCUT2D eigenvalue weighted by Crippen LogP contribution is 2.25. The Hall–Kier alpha value is -0.530. The van der Waals surface area contributed by atoms with Gasteiger partial charge in [-0.15, -0.1) is 0 Å². The van der Waals surface area contributed by atoms with E-state index in [0.29, 0.717) is 0 Å². The quantitative estimate of drug-likeness (QED) is 0.790. The van der Waals surface area contributed by atoms with Crippen LogP contribution in [0.4, 0.5) is 0 Å².